The highest BCUT2D eigenvalue weighted by Crippen LogP contribution is 2.19. The van der Waals surface area contributed by atoms with Crippen LogP contribution in [0.5, 0.6) is 0 Å². The van der Waals surface area contributed by atoms with Crippen molar-refractivity contribution >= 4 is 11.4 Å². The molecule has 0 bridgehead atoms. The van der Waals surface area contributed by atoms with Crippen LogP contribution in [0.15, 0.2) is 18.2 Å². The van der Waals surface area contributed by atoms with Gasteiger partial charge in [0.05, 0.1) is 17.5 Å². The molecule has 0 amide bonds. The van der Waals surface area contributed by atoms with Crippen molar-refractivity contribution in [3.8, 4) is 11.8 Å². The molecule has 0 aliphatic heterocycles. The molecule has 0 aliphatic carbocycles. The van der Waals surface area contributed by atoms with E-state index in [0.29, 0.717) is 12.2 Å². The summed E-state index contributed by atoms with van der Waals surface area (Å²) < 4.78 is 12.9. The van der Waals surface area contributed by atoms with Crippen LogP contribution < -0.4 is 5.32 Å². The zero-order valence-corrected chi connectivity index (χ0v) is 8.08. The van der Waals surface area contributed by atoms with Gasteiger partial charge in [0.2, 0.25) is 0 Å². The van der Waals surface area contributed by atoms with Crippen molar-refractivity contribution in [1.29, 1.82) is 0 Å². The highest BCUT2D eigenvalue weighted by Gasteiger charge is 2.08. The number of nitrogens with one attached hydrogen (secondary N) is 1. The monoisotopic (exact) mass is 208 g/mol. The molecule has 0 saturated heterocycles. The molecule has 1 aromatic carbocycles. The Kier molecular flexibility index (Phi) is 3.63. The zero-order chi connectivity index (χ0) is 11.3. The molecule has 1 aromatic rings. The average Bonchev–Trinajstić information content (AvgIpc) is 2.17. The number of halogens is 1. The first kappa shape index (κ1) is 11.0. The Labute approximate surface area is 86.3 Å². The standard InChI is InChI=1S/C10H9FN2O2/c1-2-3-4-12-9-5-8(11)6-10(7-9)13(14)15/h5-7,12H,4H2,1H3. The predicted molar refractivity (Wildman–Crippen MR) is 55.0 cm³/mol. The predicted octanol–water partition coefficient (Wildman–Crippen LogP) is 2.17. The Hall–Kier alpha value is -2.09. The molecule has 0 fully saturated rings. The zero-order valence-electron chi connectivity index (χ0n) is 8.08. The molecule has 0 heterocycles. The van der Waals surface area contributed by atoms with Crippen LogP contribution in [-0.2, 0) is 0 Å². The smallest absolute Gasteiger partial charge is 0.274 e. The fourth-order valence-corrected chi connectivity index (χ4v) is 1.02. The van der Waals surface area contributed by atoms with Gasteiger partial charge in [0.15, 0.2) is 0 Å². The van der Waals surface area contributed by atoms with Gasteiger partial charge < -0.3 is 5.32 Å². The van der Waals surface area contributed by atoms with Crippen LogP contribution in [-0.4, -0.2) is 11.5 Å². The van der Waals surface area contributed by atoms with E-state index in [-0.39, 0.29) is 5.69 Å². The van der Waals surface area contributed by atoms with Gasteiger partial charge in [-0.15, -0.1) is 5.92 Å². The minimum Gasteiger partial charge on any atom is -0.374 e. The summed E-state index contributed by atoms with van der Waals surface area (Å²) in [4.78, 5) is 9.78. The normalized spacial score (nSPS) is 8.93. The molecule has 0 aliphatic rings. The van der Waals surface area contributed by atoms with E-state index in [1.165, 1.54) is 12.1 Å². The molecule has 0 unspecified atom stereocenters. The van der Waals surface area contributed by atoms with Gasteiger partial charge in [0.1, 0.15) is 5.82 Å². The van der Waals surface area contributed by atoms with E-state index in [9.17, 15) is 14.5 Å². The number of nitro groups is 1. The van der Waals surface area contributed by atoms with E-state index in [4.69, 9.17) is 0 Å². The van der Waals surface area contributed by atoms with E-state index < -0.39 is 10.7 Å². The molecular formula is C10H9FN2O2. The molecule has 0 atom stereocenters. The van der Waals surface area contributed by atoms with E-state index in [1.807, 2.05) is 0 Å². The van der Waals surface area contributed by atoms with E-state index in [0.717, 1.165) is 6.07 Å². The first-order chi connectivity index (χ1) is 7.13. The third kappa shape index (κ3) is 3.27. The van der Waals surface area contributed by atoms with Gasteiger partial charge in [-0.25, -0.2) is 4.39 Å². The topological polar surface area (TPSA) is 55.2 Å². The maximum Gasteiger partial charge on any atom is 0.274 e. The van der Waals surface area contributed by atoms with Crippen molar-refractivity contribution in [1.82, 2.24) is 0 Å². The number of non-ortho nitro benzene ring substituents is 1. The summed E-state index contributed by atoms with van der Waals surface area (Å²) in [7, 11) is 0. The van der Waals surface area contributed by atoms with Gasteiger partial charge in [-0.3, -0.25) is 10.1 Å². The number of nitrogens with zero attached hydrogens (tertiary/aromatic N) is 1. The first-order valence-electron chi connectivity index (χ1n) is 4.22. The van der Waals surface area contributed by atoms with Crippen LogP contribution >= 0.6 is 0 Å². The quantitative estimate of drug-likeness (QED) is 0.470. The minimum atomic E-state index is -0.642. The number of nitro benzene ring substituents is 1. The van der Waals surface area contributed by atoms with Crippen LogP contribution in [0.3, 0.4) is 0 Å². The van der Waals surface area contributed by atoms with Crippen LogP contribution in [0.4, 0.5) is 15.8 Å². The highest BCUT2D eigenvalue weighted by atomic mass is 19.1. The summed E-state index contributed by atoms with van der Waals surface area (Å²) in [5, 5.41) is 13.2. The molecule has 4 nitrogen and oxygen atoms in total. The lowest BCUT2D eigenvalue weighted by Crippen LogP contribution is -2.00. The number of anilines is 1. The summed E-state index contributed by atoms with van der Waals surface area (Å²) in [5.41, 5.74) is 0.0754. The molecule has 15 heavy (non-hydrogen) atoms. The fourth-order valence-electron chi connectivity index (χ4n) is 1.02. The van der Waals surface area contributed by atoms with Crippen molar-refractivity contribution < 1.29 is 9.31 Å². The maximum absolute atomic E-state index is 12.9. The second-order valence-corrected chi connectivity index (χ2v) is 2.74. The van der Waals surface area contributed by atoms with Crippen LogP contribution in [0.25, 0.3) is 0 Å². The van der Waals surface area contributed by atoms with Gasteiger partial charge in [-0.05, 0) is 13.0 Å². The van der Waals surface area contributed by atoms with Gasteiger partial charge in [0, 0.05) is 11.8 Å². The number of hydrogen-bond acceptors (Lipinski definition) is 3. The van der Waals surface area contributed by atoms with Gasteiger partial charge in [0.25, 0.3) is 5.69 Å². The Morgan fingerprint density at radius 1 is 1.53 bits per heavy atom. The largest absolute Gasteiger partial charge is 0.374 e. The van der Waals surface area contributed by atoms with Gasteiger partial charge in [-0.1, -0.05) is 5.92 Å². The Morgan fingerprint density at radius 2 is 2.27 bits per heavy atom. The van der Waals surface area contributed by atoms with Crippen molar-refractivity contribution in [2.24, 2.45) is 0 Å². The molecule has 1 N–H and O–H groups in total. The molecule has 0 aromatic heterocycles. The lowest BCUT2D eigenvalue weighted by Gasteiger charge is -2.02. The van der Waals surface area contributed by atoms with E-state index in [2.05, 4.69) is 17.2 Å². The number of hydrogen-bond donors (Lipinski definition) is 1. The Morgan fingerprint density at radius 3 is 2.87 bits per heavy atom. The fraction of sp³-hybridized carbons (Fsp3) is 0.200. The molecular weight excluding hydrogens is 199 g/mol. The van der Waals surface area contributed by atoms with Crippen LogP contribution in [0, 0.1) is 27.8 Å². The Balaban J connectivity index is 2.87. The molecule has 78 valence electrons. The second kappa shape index (κ2) is 4.96. The van der Waals surface area contributed by atoms with E-state index in [1.54, 1.807) is 6.92 Å². The summed E-state index contributed by atoms with van der Waals surface area (Å²) in [6.07, 6.45) is 0. The second-order valence-electron chi connectivity index (χ2n) is 2.74. The summed E-state index contributed by atoms with van der Waals surface area (Å²) in [6.45, 7) is 2.01. The number of rotatable bonds is 3. The molecule has 0 saturated carbocycles. The number of benzene rings is 1. The first-order valence-corrected chi connectivity index (χ1v) is 4.22. The van der Waals surface area contributed by atoms with E-state index >= 15 is 0 Å². The molecule has 0 spiro atoms. The van der Waals surface area contributed by atoms with Crippen molar-refractivity contribution in [2.45, 2.75) is 6.92 Å². The average molecular weight is 208 g/mol. The summed E-state index contributed by atoms with van der Waals surface area (Å²) in [5.74, 6) is 4.72. The minimum absolute atomic E-state index is 0.276. The lowest BCUT2D eigenvalue weighted by atomic mass is 10.2. The third-order valence-electron chi connectivity index (χ3n) is 1.65. The van der Waals surface area contributed by atoms with Gasteiger partial charge in [-0.2, -0.15) is 0 Å². The molecule has 1 rings (SSSR count). The SMILES string of the molecule is CC#CCNc1cc(F)cc([N+](=O)[O-])c1. The van der Waals surface area contributed by atoms with Crippen molar-refractivity contribution in [3.05, 3.63) is 34.1 Å². The molecule has 0 radical (unpaired) electrons. The lowest BCUT2D eigenvalue weighted by molar-refractivity contribution is -0.385. The molecule has 5 heteroatoms. The van der Waals surface area contributed by atoms with Crippen LogP contribution in [0.1, 0.15) is 6.92 Å². The van der Waals surface area contributed by atoms with Crippen molar-refractivity contribution in [2.75, 3.05) is 11.9 Å². The Bertz CT molecular complexity index is 435. The summed E-state index contributed by atoms with van der Waals surface area (Å²) in [6, 6.07) is 3.32. The maximum atomic E-state index is 12.9. The highest BCUT2D eigenvalue weighted by molar-refractivity contribution is 5.52. The van der Waals surface area contributed by atoms with Crippen molar-refractivity contribution in [3.63, 3.8) is 0 Å². The van der Waals surface area contributed by atoms with Gasteiger partial charge >= 0.3 is 0 Å². The summed E-state index contributed by atoms with van der Waals surface area (Å²) >= 11 is 0. The van der Waals surface area contributed by atoms with Crippen LogP contribution in [0.2, 0.25) is 0 Å². The third-order valence-corrected chi connectivity index (χ3v) is 1.65.